The number of allylic oxidation sites excluding steroid dienone is 2. The Balaban J connectivity index is 3.64. The van der Waals surface area contributed by atoms with Gasteiger partial charge in [0, 0.05) is 19.4 Å². The molecule has 0 rings (SSSR count). The van der Waals surface area contributed by atoms with E-state index < -0.39 is 26.5 Å². The topological polar surface area (TPSA) is 131 Å². The Morgan fingerprint density at radius 1 is 0.714 bits per heavy atom. The number of esters is 1. The van der Waals surface area contributed by atoms with Gasteiger partial charge in [0.15, 0.2) is 0 Å². The molecule has 0 spiro atoms. The second-order valence-electron chi connectivity index (χ2n) is 11.1. The van der Waals surface area contributed by atoms with Crippen molar-refractivity contribution in [1.82, 2.24) is 5.32 Å². The second-order valence-corrected chi connectivity index (χ2v) is 12.6. The SMILES string of the molecule is CCCCCCCC/C=C\CCCCCCCC(=O)OCC(O)COP(=O)(O)OCCNC(=O)CCCCCCCC. The number of carbonyl (C=O) groups excluding carboxylic acids is 2. The first-order valence-electron chi connectivity index (χ1n) is 16.7. The highest BCUT2D eigenvalue weighted by molar-refractivity contribution is 7.47. The summed E-state index contributed by atoms with van der Waals surface area (Å²) in [7, 11) is -4.39. The number of rotatable bonds is 31. The van der Waals surface area contributed by atoms with Crippen LogP contribution in [0, 0.1) is 0 Å². The van der Waals surface area contributed by atoms with Gasteiger partial charge < -0.3 is 20.1 Å². The molecule has 9 nitrogen and oxygen atoms in total. The van der Waals surface area contributed by atoms with E-state index in [4.69, 9.17) is 13.8 Å². The number of phosphoric acid groups is 1. The van der Waals surface area contributed by atoms with Gasteiger partial charge in [-0.25, -0.2) is 4.57 Å². The quantitative estimate of drug-likeness (QED) is 0.0309. The number of carbonyl (C=O) groups is 2. The van der Waals surface area contributed by atoms with E-state index in [1.807, 2.05) is 0 Å². The van der Waals surface area contributed by atoms with Crippen LogP contribution in [0.15, 0.2) is 12.2 Å². The lowest BCUT2D eigenvalue weighted by atomic mass is 10.1. The van der Waals surface area contributed by atoms with Crippen LogP contribution in [0.4, 0.5) is 0 Å². The Morgan fingerprint density at radius 2 is 1.21 bits per heavy atom. The molecule has 0 aromatic rings. The van der Waals surface area contributed by atoms with E-state index in [1.54, 1.807) is 0 Å². The number of hydrogen-bond donors (Lipinski definition) is 3. The van der Waals surface area contributed by atoms with E-state index in [9.17, 15) is 24.2 Å². The van der Waals surface area contributed by atoms with Crippen LogP contribution in [-0.2, 0) is 27.9 Å². The number of phosphoric ester groups is 1. The summed E-state index contributed by atoms with van der Waals surface area (Å²) in [6, 6.07) is 0. The zero-order valence-corrected chi connectivity index (χ0v) is 27.6. The zero-order valence-electron chi connectivity index (χ0n) is 26.7. The van der Waals surface area contributed by atoms with Gasteiger partial charge >= 0.3 is 13.8 Å². The summed E-state index contributed by atoms with van der Waals surface area (Å²) in [5.41, 5.74) is 0. The van der Waals surface area contributed by atoms with Crippen LogP contribution >= 0.6 is 7.82 Å². The Hall–Kier alpha value is -1.25. The van der Waals surface area contributed by atoms with Crippen molar-refractivity contribution in [3.8, 4) is 0 Å². The molecule has 0 saturated heterocycles. The number of ether oxygens (including phenoxy) is 1. The van der Waals surface area contributed by atoms with E-state index in [0.29, 0.717) is 6.42 Å². The summed E-state index contributed by atoms with van der Waals surface area (Å²) >= 11 is 0. The zero-order chi connectivity index (χ0) is 31.2. The van der Waals surface area contributed by atoms with Crippen molar-refractivity contribution in [2.75, 3.05) is 26.4 Å². The number of nitrogens with one attached hydrogen (secondary N) is 1. The molecule has 3 N–H and O–H groups in total. The predicted molar refractivity (Wildman–Crippen MR) is 169 cm³/mol. The lowest BCUT2D eigenvalue weighted by molar-refractivity contribution is -0.147. The second kappa shape index (κ2) is 29.8. The molecule has 0 aromatic carbocycles. The van der Waals surface area contributed by atoms with Crippen molar-refractivity contribution in [1.29, 1.82) is 0 Å². The van der Waals surface area contributed by atoms with Gasteiger partial charge in [0.25, 0.3) is 0 Å². The molecule has 0 aliphatic carbocycles. The fraction of sp³-hybridized carbons (Fsp3) is 0.875. The third kappa shape index (κ3) is 30.2. The van der Waals surface area contributed by atoms with Gasteiger partial charge in [0.1, 0.15) is 12.7 Å². The Bertz CT molecular complexity index is 719. The maximum atomic E-state index is 11.9. The van der Waals surface area contributed by atoms with E-state index in [-0.39, 0.29) is 32.1 Å². The van der Waals surface area contributed by atoms with Gasteiger partial charge in [-0.15, -0.1) is 0 Å². The van der Waals surface area contributed by atoms with Crippen LogP contribution in [-0.4, -0.2) is 54.3 Å². The Kier molecular flexibility index (Phi) is 28.9. The minimum absolute atomic E-state index is 0.0824. The molecule has 248 valence electrons. The van der Waals surface area contributed by atoms with Gasteiger partial charge in [0.05, 0.1) is 13.2 Å². The molecular weight excluding hydrogens is 557 g/mol. The fourth-order valence-corrected chi connectivity index (χ4v) is 5.13. The molecule has 0 aliphatic rings. The lowest BCUT2D eigenvalue weighted by Crippen LogP contribution is -2.27. The maximum Gasteiger partial charge on any atom is 0.472 e. The Morgan fingerprint density at radius 3 is 1.79 bits per heavy atom. The van der Waals surface area contributed by atoms with Crippen molar-refractivity contribution in [2.45, 2.75) is 155 Å². The summed E-state index contributed by atoms with van der Waals surface area (Å²) < 4.78 is 26.6. The number of unbranched alkanes of at least 4 members (excludes halogenated alkanes) is 16. The van der Waals surface area contributed by atoms with Crippen LogP contribution in [0.1, 0.15) is 149 Å². The van der Waals surface area contributed by atoms with Crippen LogP contribution in [0.5, 0.6) is 0 Å². The van der Waals surface area contributed by atoms with Crippen LogP contribution < -0.4 is 5.32 Å². The maximum absolute atomic E-state index is 11.9. The summed E-state index contributed by atoms with van der Waals surface area (Å²) in [4.78, 5) is 33.4. The molecule has 0 aliphatic heterocycles. The molecule has 0 aromatic heterocycles. The largest absolute Gasteiger partial charge is 0.472 e. The lowest BCUT2D eigenvalue weighted by Gasteiger charge is -2.15. The molecular formula is C32H62NO8P. The molecule has 0 saturated carbocycles. The number of hydrogen-bond acceptors (Lipinski definition) is 7. The van der Waals surface area contributed by atoms with Gasteiger partial charge in [-0.3, -0.25) is 18.6 Å². The predicted octanol–water partition coefficient (Wildman–Crippen LogP) is 7.93. The van der Waals surface area contributed by atoms with E-state index in [2.05, 4.69) is 31.3 Å². The first-order chi connectivity index (χ1) is 20.3. The van der Waals surface area contributed by atoms with Crippen molar-refractivity contribution in [2.24, 2.45) is 0 Å². The van der Waals surface area contributed by atoms with E-state index in [1.165, 1.54) is 64.2 Å². The minimum Gasteiger partial charge on any atom is -0.463 e. The van der Waals surface area contributed by atoms with Gasteiger partial charge in [0.2, 0.25) is 5.91 Å². The van der Waals surface area contributed by atoms with Crippen molar-refractivity contribution >= 4 is 19.7 Å². The van der Waals surface area contributed by atoms with E-state index >= 15 is 0 Å². The van der Waals surface area contributed by atoms with Crippen LogP contribution in [0.25, 0.3) is 0 Å². The van der Waals surface area contributed by atoms with E-state index in [0.717, 1.165) is 57.8 Å². The third-order valence-corrected chi connectivity index (χ3v) is 7.93. The van der Waals surface area contributed by atoms with Crippen LogP contribution in [0.3, 0.4) is 0 Å². The first-order valence-corrected chi connectivity index (χ1v) is 18.2. The minimum atomic E-state index is -4.39. The van der Waals surface area contributed by atoms with Gasteiger partial charge in [-0.1, -0.05) is 109 Å². The molecule has 0 radical (unpaired) electrons. The number of aliphatic hydroxyl groups is 1. The average Bonchev–Trinajstić information content (AvgIpc) is 2.97. The smallest absolute Gasteiger partial charge is 0.463 e. The summed E-state index contributed by atoms with van der Waals surface area (Å²) in [6.45, 7) is 3.45. The molecule has 2 atom stereocenters. The normalized spacial score (nSPS) is 13.7. The van der Waals surface area contributed by atoms with Crippen molar-refractivity contribution < 1.29 is 37.9 Å². The summed E-state index contributed by atoms with van der Waals surface area (Å²) in [6.07, 6.45) is 25.9. The third-order valence-electron chi connectivity index (χ3n) is 6.95. The first kappa shape index (κ1) is 40.8. The summed E-state index contributed by atoms with van der Waals surface area (Å²) in [5, 5.41) is 12.5. The molecule has 1 amide bonds. The van der Waals surface area contributed by atoms with Crippen molar-refractivity contribution in [3.05, 3.63) is 12.2 Å². The number of amides is 1. The molecule has 0 heterocycles. The molecule has 10 heteroatoms. The molecule has 2 unspecified atom stereocenters. The van der Waals surface area contributed by atoms with Gasteiger partial charge in [-0.2, -0.15) is 0 Å². The Labute approximate surface area is 256 Å². The standard InChI is InChI=1S/C32H62NO8P/c1-3-5-7-9-11-12-13-14-15-16-17-18-19-21-23-25-32(36)39-28-30(34)29-41-42(37,38)40-27-26-33-31(35)24-22-20-10-8-6-4-2/h14-15,30,34H,3-13,16-29H2,1-2H3,(H,33,35)(H,37,38)/b15-14-. The molecule has 0 fully saturated rings. The van der Waals surface area contributed by atoms with Gasteiger partial charge in [-0.05, 0) is 38.5 Å². The summed E-state index contributed by atoms with van der Waals surface area (Å²) in [5.74, 6) is -0.534. The average molecular weight is 620 g/mol. The molecule has 42 heavy (non-hydrogen) atoms. The highest BCUT2D eigenvalue weighted by Gasteiger charge is 2.23. The fourth-order valence-electron chi connectivity index (χ4n) is 4.37. The number of aliphatic hydroxyl groups excluding tert-OH is 1. The highest BCUT2D eigenvalue weighted by atomic mass is 31.2. The monoisotopic (exact) mass is 619 g/mol. The van der Waals surface area contributed by atoms with Crippen LogP contribution in [0.2, 0.25) is 0 Å². The highest BCUT2D eigenvalue weighted by Crippen LogP contribution is 2.42. The van der Waals surface area contributed by atoms with Crippen molar-refractivity contribution in [3.63, 3.8) is 0 Å². The molecule has 0 bridgehead atoms.